The van der Waals surface area contributed by atoms with Crippen molar-refractivity contribution in [2.75, 3.05) is 5.32 Å². The molecule has 3 rings (SSSR count). The van der Waals surface area contributed by atoms with Gasteiger partial charge in [-0.05, 0) is 18.2 Å². The molecule has 5 heteroatoms. The molecule has 2 amide bonds. The van der Waals surface area contributed by atoms with E-state index in [4.69, 9.17) is 11.6 Å². The zero-order valence-electron chi connectivity index (χ0n) is 9.85. The monoisotopic (exact) mass is 271 g/mol. The molecule has 0 aliphatic carbocycles. The zero-order valence-corrected chi connectivity index (χ0v) is 10.6. The maximum Gasteiger partial charge on any atom is 0.339 e. The summed E-state index contributed by atoms with van der Waals surface area (Å²) >= 11 is 6.03. The smallest absolute Gasteiger partial charge is 0.306 e. The number of rotatable bonds is 1. The summed E-state index contributed by atoms with van der Waals surface area (Å²) in [6.07, 6.45) is 0. The summed E-state index contributed by atoms with van der Waals surface area (Å²) in [5.41, 5.74) is 5.51. The Kier molecular flexibility index (Phi) is 2.93. The van der Waals surface area contributed by atoms with Gasteiger partial charge in [0.1, 0.15) is 5.71 Å². The Morgan fingerprint density at radius 3 is 2.63 bits per heavy atom. The number of hydrogen-bond acceptors (Lipinski definition) is 2. The first-order valence-electron chi connectivity index (χ1n) is 5.74. The molecule has 1 heterocycles. The summed E-state index contributed by atoms with van der Waals surface area (Å²) < 4.78 is 0. The molecule has 0 unspecified atom stereocenters. The quantitative estimate of drug-likeness (QED) is 0.822. The second-order valence-corrected chi connectivity index (χ2v) is 4.52. The highest BCUT2D eigenvalue weighted by atomic mass is 35.5. The molecule has 2 aromatic carbocycles. The second-order valence-electron chi connectivity index (χ2n) is 4.08. The van der Waals surface area contributed by atoms with Gasteiger partial charge >= 0.3 is 6.03 Å². The molecular weight excluding hydrogens is 262 g/mol. The number of nitrogens with one attached hydrogen (secondary N) is 2. The number of benzene rings is 2. The first kappa shape index (κ1) is 11.7. The van der Waals surface area contributed by atoms with Crippen LogP contribution in [0.4, 0.5) is 10.5 Å². The zero-order chi connectivity index (χ0) is 13.2. The van der Waals surface area contributed by atoms with Gasteiger partial charge in [-0.1, -0.05) is 41.9 Å². The van der Waals surface area contributed by atoms with Crippen LogP contribution in [0.1, 0.15) is 11.1 Å². The van der Waals surface area contributed by atoms with E-state index in [1.54, 1.807) is 18.2 Å². The molecule has 2 N–H and O–H groups in total. The normalized spacial score (nSPS) is 13.7. The largest absolute Gasteiger partial charge is 0.339 e. The van der Waals surface area contributed by atoms with Gasteiger partial charge in [0, 0.05) is 16.1 Å². The van der Waals surface area contributed by atoms with E-state index in [9.17, 15) is 4.79 Å². The lowest BCUT2D eigenvalue weighted by atomic mass is 10.0. The number of fused-ring (bicyclic) bond motifs is 1. The maximum absolute atomic E-state index is 11.5. The van der Waals surface area contributed by atoms with Crippen molar-refractivity contribution in [3.8, 4) is 0 Å². The number of carbonyl (C=O) groups excluding carboxylic acids is 1. The topological polar surface area (TPSA) is 53.5 Å². The number of nitrogens with zero attached hydrogens (tertiary/aromatic N) is 1. The van der Waals surface area contributed by atoms with Crippen LogP contribution in [-0.4, -0.2) is 11.7 Å². The van der Waals surface area contributed by atoms with Crippen LogP contribution in [0.2, 0.25) is 5.02 Å². The fraction of sp³-hybridized carbons (Fsp3) is 0. The first-order chi connectivity index (χ1) is 9.24. The fourth-order valence-corrected chi connectivity index (χ4v) is 2.13. The average molecular weight is 272 g/mol. The summed E-state index contributed by atoms with van der Waals surface area (Å²) in [6, 6.07) is 14.5. The van der Waals surface area contributed by atoms with Crippen molar-refractivity contribution in [1.82, 2.24) is 5.43 Å². The minimum atomic E-state index is -0.366. The van der Waals surface area contributed by atoms with Crippen LogP contribution in [-0.2, 0) is 0 Å². The molecule has 1 aliphatic rings. The summed E-state index contributed by atoms with van der Waals surface area (Å²) in [5, 5.41) is 7.47. The van der Waals surface area contributed by atoms with Crippen molar-refractivity contribution in [3.05, 3.63) is 64.7 Å². The molecule has 0 bridgehead atoms. The van der Waals surface area contributed by atoms with E-state index in [-0.39, 0.29) is 6.03 Å². The van der Waals surface area contributed by atoms with Crippen LogP contribution in [0.3, 0.4) is 0 Å². The van der Waals surface area contributed by atoms with Crippen LogP contribution in [0.25, 0.3) is 0 Å². The van der Waals surface area contributed by atoms with Crippen LogP contribution in [0.5, 0.6) is 0 Å². The lowest BCUT2D eigenvalue weighted by Crippen LogP contribution is -2.22. The molecule has 0 aromatic heterocycles. The molecular formula is C14H10ClN3O. The van der Waals surface area contributed by atoms with Crippen molar-refractivity contribution >= 4 is 29.0 Å². The van der Waals surface area contributed by atoms with Gasteiger partial charge < -0.3 is 5.32 Å². The van der Waals surface area contributed by atoms with Gasteiger partial charge in [0.2, 0.25) is 0 Å². The van der Waals surface area contributed by atoms with Gasteiger partial charge in [0.15, 0.2) is 0 Å². The average Bonchev–Trinajstić information content (AvgIpc) is 2.58. The Bertz CT molecular complexity index is 668. The van der Waals surface area contributed by atoms with Crippen LogP contribution in [0.15, 0.2) is 53.6 Å². The lowest BCUT2D eigenvalue weighted by molar-refractivity contribution is 0.252. The number of anilines is 1. The van der Waals surface area contributed by atoms with Crippen LogP contribution in [0, 0.1) is 0 Å². The number of amides is 2. The van der Waals surface area contributed by atoms with Crippen molar-refractivity contribution in [3.63, 3.8) is 0 Å². The molecule has 0 saturated heterocycles. The van der Waals surface area contributed by atoms with Crippen molar-refractivity contribution < 1.29 is 4.79 Å². The number of urea groups is 1. The van der Waals surface area contributed by atoms with E-state index in [0.717, 1.165) is 11.1 Å². The molecule has 19 heavy (non-hydrogen) atoms. The Hall–Kier alpha value is -2.33. The molecule has 2 aromatic rings. The van der Waals surface area contributed by atoms with E-state index in [2.05, 4.69) is 15.8 Å². The predicted molar refractivity (Wildman–Crippen MR) is 75.7 cm³/mol. The molecule has 1 aliphatic heterocycles. The number of carbonyl (C=O) groups is 1. The van der Waals surface area contributed by atoms with E-state index < -0.39 is 0 Å². The third kappa shape index (κ3) is 2.30. The molecule has 0 saturated carbocycles. The number of halogens is 1. The highest BCUT2D eigenvalue weighted by molar-refractivity contribution is 6.31. The maximum atomic E-state index is 11.5. The molecule has 0 spiro atoms. The third-order valence-corrected chi connectivity index (χ3v) is 3.04. The predicted octanol–water partition coefficient (Wildman–Crippen LogP) is 3.23. The molecule has 4 nitrogen and oxygen atoms in total. The van der Waals surface area contributed by atoms with Gasteiger partial charge in [-0.25, -0.2) is 10.2 Å². The van der Waals surface area contributed by atoms with Crippen LogP contribution < -0.4 is 10.7 Å². The highest BCUT2D eigenvalue weighted by Gasteiger charge is 2.17. The van der Waals surface area contributed by atoms with Crippen molar-refractivity contribution in [2.24, 2.45) is 5.10 Å². The van der Waals surface area contributed by atoms with E-state index in [0.29, 0.717) is 16.4 Å². The summed E-state index contributed by atoms with van der Waals surface area (Å²) in [5.74, 6) is 0. The third-order valence-electron chi connectivity index (χ3n) is 2.80. The van der Waals surface area contributed by atoms with E-state index >= 15 is 0 Å². The minimum absolute atomic E-state index is 0.366. The van der Waals surface area contributed by atoms with Gasteiger partial charge in [-0.15, -0.1) is 0 Å². The van der Waals surface area contributed by atoms with E-state index in [1.165, 1.54) is 0 Å². The van der Waals surface area contributed by atoms with Gasteiger partial charge in [-0.2, -0.15) is 5.10 Å². The Morgan fingerprint density at radius 2 is 1.84 bits per heavy atom. The van der Waals surface area contributed by atoms with E-state index in [1.807, 2.05) is 30.3 Å². The number of hydrogen-bond donors (Lipinski definition) is 2. The SMILES string of the molecule is O=C1NN=C(c2ccccc2)c2cc(Cl)ccc2N1. The lowest BCUT2D eigenvalue weighted by Gasteiger charge is -2.09. The van der Waals surface area contributed by atoms with Gasteiger partial charge in [0.05, 0.1) is 5.69 Å². The molecule has 0 fully saturated rings. The molecule has 94 valence electrons. The molecule has 0 radical (unpaired) electrons. The van der Waals surface area contributed by atoms with Gasteiger partial charge in [0.25, 0.3) is 0 Å². The number of hydrazone groups is 1. The Morgan fingerprint density at radius 1 is 1.05 bits per heavy atom. The summed E-state index contributed by atoms with van der Waals surface area (Å²) in [6.45, 7) is 0. The standard InChI is InChI=1S/C14H10ClN3O/c15-10-6-7-12-11(8-10)13(17-18-14(19)16-12)9-4-2-1-3-5-9/h1-8H,(H2,16,18,19). The summed E-state index contributed by atoms with van der Waals surface area (Å²) in [7, 11) is 0. The Balaban J connectivity index is 2.20. The summed E-state index contributed by atoms with van der Waals surface area (Å²) in [4.78, 5) is 11.5. The minimum Gasteiger partial charge on any atom is -0.306 e. The Labute approximate surface area is 115 Å². The highest BCUT2D eigenvalue weighted by Crippen LogP contribution is 2.25. The second kappa shape index (κ2) is 4.74. The van der Waals surface area contributed by atoms with Crippen LogP contribution >= 0.6 is 11.6 Å². The first-order valence-corrected chi connectivity index (χ1v) is 6.12. The van der Waals surface area contributed by atoms with Gasteiger partial charge in [-0.3, -0.25) is 0 Å². The molecule has 0 atom stereocenters. The van der Waals surface area contributed by atoms with Crippen molar-refractivity contribution in [1.29, 1.82) is 0 Å². The fourth-order valence-electron chi connectivity index (χ4n) is 1.95. The van der Waals surface area contributed by atoms with Crippen molar-refractivity contribution in [2.45, 2.75) is 0 Å².